The molecule has 4 nitrogen and oxygen atoms in total. The monoisotopic (exact) mass is 378 g/mol. The lowest BCUT2D eigenvalue weighted by atomic mass is 10.1. The highest BCUT2D eigenvalue weighted by atomic mass is 16.5. The van der Waals surface area contributed by atoms with Crippen LogP contribution in [0.3, 0.4) is 0 Å². The highest BCUT2D eigenvalue weighted by molar-refractivity contribution is 5.82. The van der Waals surface area contributed by atoms with Crippen molar-refractivity contribution < 1.29 is 19.3 Å². The molecule has 0 radical (unpaired) electrons. The Bertz CT molecular complexity index is 933. The van der Waals surface area contributed by atoms with E-state index in [2.05, 4.69) is 48.5 Å². The van der Waals surface area contributed by atoms with Crippen molar-refractivity contribution in [1.29, 1.82) is 0 Å². The van der Waals surface area contributed by atoms with Gasteiger partial charge in [0.05, 0.1) is 14.2 Å². The van der Waals surface area contributed by atoms with Crippen molar-refractivity contribution in [1.82, 2.24) is 0 Å². The molecule has 2 N–H and O–H groups in total. The number of piperazine rings is 1. The van der Waals surface area contributed by atoms with Crippen LogP contribution in [0.2, 0.25) is 0 Å². The number of nitrogens with one attached hydrogen (secondary N) is 2. The van der Waals surface area contributed by atoms with E-state index in [1.165, 1.54) is 48.1 Å². The van der Waals surface area contributed by atoms with E-state index in [4.69, 9.17) is 9.47 Å². The van der Waals surface area contributed by atoms with Gasteiger partial charge in [-0.15, -0.1) is 0 Å². The zero-order valence-corrected chi connectivity index (χ0v) is 16.8. The van der Waals surface area contributed by atoms with Crippen LogP contribution in [0.15, 0.2) is 60.7 Å². The first-order valence-electron chi connectivity index (χ1n) is 10.1. The van der Waals surface area contributed by atoms with Gasteiger partial charge in [0.15, 0.2) is 0 Å². The Balaban J connectivity index is 1.34. The normalized spacial score (nSPS) is 19.5. The lowest BCUT2D eigenvalue weighted by Crippen LogP contribution is -3.27. The Kier molecular flexibility index (Phi) is 5.79. The molecule has 28 heavy (non-hydrogen) atoms. The molecule has 3 aromatic rings. The van der Waals surface area contributed by atoms with Crippen LogP contribution >= 0.6 is 0 Å². The summed E-state index contributed by atoms with van der Waals surface area (Å²) in [4.78, 5) is 3.31. The molecule has 0 spiro atoms. The predicted molar refractivity (Wildman–Crippen MR) is 112 cm³/mol. The van der Waals surface area contributed by atoms with Crippen molar-refractivity contribution in [2.24, 2.45) is 0 Å². The molecule has 1 fully saturated rings. The molecule has 0 aromatic heterocycles. The van der Waals surface area contributed by atoms with Crippen LogP contribution in [0.1, 0.15) is 11.1 Å². The van der Waals surface area contributed by atoms with Gasteiger partial charge in [-0.2, -0.15) is 0 Å². The lowest BCUT2D eigenvalue weighted by molar-refractivity contribution is -1.02. The number of quaternary nitrogens is 2. The molecule has 0 amide bonds. The molecule has 4 heteroatoms. The zero-order valence-electron chi connectivity index (χ0n) is 16.8. The fourth-order valence-corrected chi connectivity index (χ4v) is 4.22. The van der Waals surface area contributed by atoms with Crippen molar-refractivity contribution >= 4 is 10.8 Å². The largest absolute Gasteiger partial charge is 0.497 e. The molecule has 0 atom stereocenters. The summed E-state index contributed by atoms with van der Waals surface area (Å²) in [6, 6.07) is 21.7. The van der Waals surface area contributed by atoms with Gasteiger partial charge in [0, 0.05) is 17.2 Å². The maximum atomic E-state index is 5.57. The summed E-state index contributed by atoms with van der Waals surface area (Å²) in [5, 5.41) is 2.67. The molecule has 0 aliphatic carbocycles. The molecule has 1 aliphatic rings. The van der Waals surface area contributed by atoms with E-state index in [0.29, 0.717) is 0 Å². The average Bonchev–Trinajstić information content (AvgIpc) is 2.75. The highest BCUT2D eigenvalue weighted by Crippen LogP contribution is 2.23. The molecule has 0 saturated carbocycles. The van der Waals surface area contributed by atoms with Crippen LogP contribution in [-0.4, -0.2) is 40.4 Å². The maximum absolute atomic E-state index is 5.57. The molecular formula is C24H30N2O2+2. The minimum absolute atomic E-state index is 0.847. The summed E-state index contributed by atoms with van der Waals surface area (Å²) in [7, 11) is 3.43. The Morgan fingerprint density at radius 3 is 2.14 bits per heavy atom. The Labute approximate surface area is 167 Å². The van der Waals surface area contributed by atoms with E-state index < -0.39 is 0 Å². The van der Waals surface area contributed by atoms with Crippen LogP contribution in [0.25, 0.3) is 10.8 Å². The first-order valence-corrected chi connectivity index (χ1v) is 10.1. The summed E-state index contributed by atoms with van der Waals surface area (Å²) in [5.41, 5.74) is 2.70. The first-order chi connectivity index (χ1) is 13.7. The molecule has 0 bridgehead atoms. The van der Waals surface area contributed by atoms with E-state index in [0.717, 1.165) is 24.6 Å². The number of hydrogen-bond acceptors (Lipinski definition) is 2. The minimum Gasteiger partial charge on any atom is -0.497 e. The van der Waals surface area contributed by atoms with Crippen LogP contribution < -0.4 is 19.3 Å². The van der Waals surface area contributed by atoms with Crippen molar-refractivity contribution in [3.8, 4) is 11.5 Å². The third-order valence-electron chi connectivity index (χ3n) is 5.87. The number of methoxy groups -OCH3 is 2. The Hall–Kier alpha value is -2.56. The first kappa shape index (κ1) is 18.8. The van der Waals surface area contributed by atoms with Crippen LogP contribution in [0.4, 0.5) is 0 Å². The van der Waals surface area contributed by atoms with Gasteiger partial charge in [-0.3, -0.25) is 0 Å². The summed E-state index contributed by atoms with van der Waals surface area (Å²) in [6.45, 7) is 6.93. The Morgan fingerprint density at radius 1 is 0.714 bits per heavy atom. The second-order valence-corrected chi connectivity index (χ2v) is 7.71. The van der Waals surface area contributed by atoms with Crippen LogP contribution in [0, 0.1) is 0 Å². The van der Waals surface area contributed by atoms with Crippen molar-refractivity contribution in [2.75, 3.05) is 40.4 Å². The standard InChI is InChI=1S/C24H28N2O2/c1-27-23-10-9-22(24(16-23)28-2)18-26-13-11-25(12-14-26)17-19-7-8-20-5-3-4-6-21(20)15-19/h3-10,15-16H,11-14,17-18H2,1-2H3/p+2. The highest BCUT2D eigenvalue weighted by Gasteiger charge is 2.24. The Morgan fingerprint density at radius 2 is 1.43 bits per heavy atom. The number of fused-ring (bicyclic) bond motifs is 1. The topological polar surface area (TPSA) is 27.3 Å². The smallest absolute Gasteiger partial charge is 0.131 e. The summed E-state index contributed by atoms with van der Waals surface area (Å²) < 4.78 is 10.9. The predicted octanol–water partition coefficient (Wildman–Crippen LogP) is 1.34. The molecule has 1 heterocycles. The van der Waals surface area contributed by atoms with E-state index in [9.17, 15) is 0 Å². The quantitative estimate of drug-likeness (QED) is 0.677. The molecule has 1 aliphatic heterocycles. The number of benzene rings is 3. The average molecular weight is 379 g/mol. The van der Waals surface area contributed by atoms with Crippen molar-refractivity contribution in [2.45, 2.75) is 13.1 Å². The fraction of sp³-hybridized carbons (Fsp3) is 0.333. The van der Waals surface area contributed by atoms with E-state index >= 15 is 0 Å². The van der Waals surface area contributed by atoms with E-state index in [1.807, 2.05) is 12.1 Å². The van der Waals surface area contributed by atoms with Crippen molar-refractivity contribution in [3.05, 3.63) is 71.8 Å². The van der Waals surface area contributed by atoms with Gasteiger partial charge in [-0.25, -0.2) is 0 Å². The number of hydrogen-bond donors (Lipinski definition) is 2. The van der Waals surface area contributed by atoms with Crippen LogP contribution in [0.5, 0.6) is 11.5 Å². The summed E-state index contributed by atoms with van der Waals surface area (Å²) in [6.07, 6.45) is 0. The summed E-state index contributed by atoms with van der Waals surface area (Å²) >= 11 is 0. The maximum Gasteiger partial charge on any atom is 0.131 e. The van der Waals surface area contributed by atoms with Gasteiger partial charge in [0.25, 0.3) is 0 Å². The van der Waals surface area contributed by atoms with Gasteiger partial charge < -0.3 is 19.3 Å². The third-order valence-corrected chi connectivity index (χ3v) is 5.87. The van der Waals surface area contributed by atoms with Gasteiger partial charge in [-0.1, -0.05) is 36.4 Å². The molecule has 1 saturated heterocycles. The lowest BCUT2D eigenvalue weighted by Gasteiger charge is -2.30. The fourth-order valence-electron chi connectivity index (χ4n) is 4.22. The molecule has 4 rings (SSSR count). The molecule has 0 unspecified atom stereocenters. The van der Waals surface area contributed by atoms with E-state index in [-0.39, 0.29) is 0 Å². The molecule has 146 valence electrons. The second kappa shape index (κ2) is 8.63. The van der Waals surface area contributed by atoms with Gasteiger partial charge >= 0.3 is 0 Å². The van der Waals surface area contributed by atoms with Gasteiger partial charge in [0.1, 0.15) is 50.8 Å². The van der Waals surface area contributed by atoms with Gasteiger partial charge in [-0.05, 0) is 29.0 Å². The zero-order chi connectivity index (χ0) is 19.3. The minimum atomic E-state index is 0.847. The van der Waals surface area contributed by atoms with E-state index in [1.54, 1.807) is 24.0 Å². The van der Waals surface area contributed by atoms with Crippen LogP contribution in [-0.2, 0) is 13.1 Å². The number of ether oxygens (including phenoxy) is 2. The molecule has 3 aromatic carbocycles. The van der Waals surface area contributed by atoms with Gasteiger partial charge in [0.2, 0.25) is 0 Å². The second-order valence-electron chi connectivity index (χ2n) is 7.71. The SMILES string of the molecule is COc1ccc(C[NH+]2CC[NH+](Cc3ccc4ccccc4c3)CC2)c(OC)c1. The number of rotatable bonds is 6. The molecular weight excluding hydrogens is 348 g/mol. The summed E-state index contributed by atoms with van der Waals surface area (Å²) in [5.74, 6) is 1.78. The van der Waals surface area contributed by atoms with Crippen molar-refractivity contribution in [3.63, 3.8) is 0 Å². The third kappa shape index (κ3) is 4.29.